The SMILES string of the molecule is CC1=C(C(=O)O)C(c2cccc([N+](=O)[O-])c2)C(C(=O)OCCC(OC/C=C/c2ccc(Cc3cccnc3)cc2)C(C)(C)C)=C(C)N1. The summed E-state index contributed by atoms with van der Waals surface area (Å²) in [6, 6.07) is 18.0. The monoisotopic (exact) mass is 639 g/mol. The average Bonchev–Trinajstić information content (AvgIpc) is 3.02. The highest BCUT2D eigenvalue weighted by Crippen LogP contribution is 2.39. The van der Waals surface area contributed by atoms with Gasteiger partial charge in [-0.15, -0.1) is 0 Å². The minimum absolute atomic E-state index is 0.0341. The van der Waals surface area contributed by atoms with Gasteiger partial charge >= 0.3 is 11.9 Å². The van der Waals surface area contributed by atoms with Crippen molar-refractivity contribution in [3.63, 3.8) is 0 Å². The zero-order valence-electron chi connectivity index (χ0n) is 27.4. The number of aliphatic carboxylic acids is 1. The first-order valence-corrected chi connectivity index (χ1v) is 15.4. The van der Waals surface area contributed by atoms with Gasteiger partial charge in [-0.3, -0.25) is 15.1 Å². The summed E-state index contributed by atoms with van der Waals surface area (Å²) >= 11 is 0. The summed E-state index contributed by atoms with van der Waals surface area (Å²) in [5, 5.41) is 24.5. The molecule has 0 radical (unpaired) electrons. The fourth-order valence-electron chi connectivity index (χ4n) is 5.64. The topological polar surface area (TPSA) is 141 Å². The minimum Gasteiger partial charge on any atom is -0.478 e. The van der Waals surface area contributed by atoms with E-state index in [1.807, 2.05) is 45.2 Å². The van der Waals surface area contributed by atoms with Crippen molar-refractivity contribution < 1.29 is 29.1 Å². The summed E-state index contributed by atoms with van der Waals surface area (Å²) in [5.74, 6) is -2.98. The van der Waals surface area contributed by atoms with Crippen molar-refractivity contribution in [3.05, 3.63) is 134 Å². The van der Waals surface area contributed by atoms with E-state index in [0.717, 1.165) is 17.5 Å². The number of aromatic nitrogens is 1. The van der Waals surface area contributed by atoms with Crippen LogP contribution in [-0.2, 0) is 25.5 Å². The average molecular weight is 640 g/mol. The Kier molecular flexibility index (Phi) is 11.4. The van der Waals surface area contributed by atoms with Crippen LogP contribution in [0, 0.1) is 15.5 Å². The number of nitrogens with zero attached hydrogens (tertiary/aromatic N) is 2. The maximum absolute atomic E-state index is 13.5. The van der Waals surface area contributed by atoms with E-state index in [1.165, 1.54) is 23.8 Å². The lowest BCUT2D eigenvalue weighted by Crippen LogP contribution is -2.33. The van der Waals surface area contributed by atoms with Crippen molar-refractivity contribution in [3.8, 4) is 0 Å². The number of carbonyl (C=O) groups is 2. The molecule has 0 fully saturated rings. The summed E-state index contributed by atoms with van der Waals surface area (Å²) in [4.78, 5) is 40.9. The molecule has 10 heteroatoms. The maximum Gasteiger partial charge on any atom is 0.336 e. The third-order valence-corrected chi connectivity index (χ3v) is 8.02. The standard InChI is InChI=1S/C37H41N3O7/c1-24-32(35(41)42)34(29-11-6-12-30(22-29)40(44)45)33(25(2)39-24)36(43)47-20-17-31(37(3,4)5)46-19-8-10-26-13-15-27(16-14-26)21-28-9-7-18-38-23-28/h6-16,18,22-23,31,34,39H,17,19-21H2,1-5H3,(H,41,42)/b10-8+. The number of benzene rings is 2. The number of esters is 1. The second-order valence-corrected chi connectivity index (χ2v) is 12.6. The number of nitro benzene ring substituents is 1. The number of carboxylic acids is 1. The molecule has 1 aliphatic heterocycles. The first-order chi connectivity index (χ1) is 22.3. The van der Waals surface area contributed by atoms with Gasteiger partial charge in [0.2, 0.25) is 0 Å². The number of carboxylic acid groups (broad SMARTS) is 1. The second kappa shape index (κ2) is 15.5. The number of rotatable bonds is 13. The molecule has 0 saturated carbocycles. The number of hydrogen-bond acceptors (Lipinski definition) is 8. The van der Waals surface area contributed by atoms with E-state index in [0.29, 0.717) is 30.0 Å². The molecule has 0 aliphatic carbocycles. The summed E-state index contributed by atoms with van der Waals surface area (Å²) in [7, 11) is 0. The van der Waals surface area contributed by atoms with Gasteiger partial charge in [0.1, 0.15) is 0 Å². The number of ether oxygens (including phenoxy) is 2. The number of hydrogen-bond donors (Lipinski definition) is 2. The third kappa shape index (κ3) is 9.23. The van der Waals surface area contributed by atoms with E-state index in [1.54, 1.807) is 26.1 Å². The van der Waals surface area contributed by atoms with Gasteiger partial charge in [0, 0.05) is 42.3 Å². The van der Waals surface area contributed by atoms with Crippen LogP contribution in [0.4, 0.5) is 5.69 Å². The van der Waals surface area contributed by atoms with Crippen molar-refractivity contribution in [1.82, 2.24) is 10.3 Å². The molecule has 3 aromatic rings. The molecule has 2 heterocycles. The Bertz CT molecular complexity index is 1690. The van der Waals surface area contributed by atoms with Crippen LogP contribution >= 0.6 is 0 Å². The summed E-state index contributed by atoms with van der Waals surface area (Å²) in [6.45, 7) is 9.80. The molecule has 10 nitrogen and oxygen atoms in total. The molecule has 2 unspecified atom stereocenters. The molecular weight excluding hydrogens is 598 g/mol. The first kappa shape index (κ1) is 34.8. The van der Waals surface area contributed by atoms with E-state index in [-0.39, 0.29) is 35.0 Å². The normalized spacial score (nSPS) is 15.8. The van der Waals surface area contributed by atoms with Gasteiger partial charge in [0.15, 0.2) is 0 Å². The first-order valence-electron chi connectivity index (χ1n) is 15.4. The number of allylic oxidation sites excluding steroid dienone is 2. The van der Waals surface area contributed by atoms with Gasteiger partial charge in [-0.1, -0.05) is 75.4 Å². The van der Waals surface area contributed by atoms with Crippen molar-refractivity contribution >= 4 is 23.7 Å². The van der Waals surface area contributed by atoms with Gasteiger partial charge in [-0.25, -0.2) is 9.59 Å². The Balaban J connectivity index is 1.39. The van der Waals surface area contributed by atoms with Crippen molar-refractivity contribution in [2.24, 2.45) is 5.41 Å². The van der Waals surface area contributed by atoms with Crippen LogP contribution in [0.2, 0.25) is 0 Å². The van der Waals surface area contributed by atoms with Crippen LogP contribution < -0.4 is 5.32 Å². The number of carbonyl (C=O) groups excluding carboxylic acids is 1. The quantitative estimate of drug-likeness (QED) is 0.115. The van der Waals surface area contributed by atoms with Gasteiger partial charge in [-0.2, -0.15) is 0 Å². The lowest BCUT2D eigenvalue weighted by atomic mass is 9.80. The number of dihydropyridines is 1. The van der Waals surface area contributed by atoms with E-state index in [4.69, 9.17) is 9.47 Å². The maximum atomic E-state index is 13.5. The predicted octanol–water partition coefficient (Wildman–Crippen LogP) is 6.98. The minimum atomic E-state index is -1.24. The molecule has 4 rings (SSSR count). The third-order valence-electron chi connectivity index (χ3n) is 8.02. The lowest BCUT2D eigenvalue weighted by Gasteiger charge is -2.31. The zero-order chi connectivity index (χ0) is 34.1. The Morgan fingerprint density at radius 2 is 1.77 bits per heavy atom. The summed E-state index contributed by atoms with van der Waals surface area (Å²) in [5.41, 5.74) is 4.06. The van der Waals surface area contributed by atoms with Gasteiger partial charge in [-0.05, 0) is 54.0 Å². The van der Waals surface area contributed by atoms with Crippen LogP contribution in [0.5, 0.6) is 0 Å². The fraction of sp³-hybridized carbons (Fsp3) is 0.324. The summed E-state index contributed by atoms with van der Waals surface area (Å²) < 4.78 is 11.9. The number of nitrogens with one attached hydrogen (secondary N) is 1. The van der Waals surface area contributed by atoms with Crippen molar-refractivity contribution in [1.29, 1.82) is 0 Å². The number of nitro groups is 1. The Labute approximate surface area is 275 Å². The largest absolute Gasteiger partial charge is 0.478 e. The molecule has 2 aromatic carbocycles. The molecule has 0 spiro atoms. The van der Waals surface area contributed by atoms with Crippen LogP contribution in [0.15, 0.2) is 102 Å². The van der Waals surface area contributed by atoms with E-state index < -0.39 is 22.8 Å². The molecule has 0 bridgehead atoms. The molecule has 2 N–H and O–H groups in total. The molecule has 47 heavy (non-hydrogen) atoms. The predicted molar refractivity (Wildman–Crippen MR) is 179 cm³/mol. The highest BCUT2D eigenvalue weighted by molar-refractivity contribution is 5.99. The highest BCUT2D eigenvalue weighted by Gasteiger charge is 2.38. The van der Waals surface area contributed by atoms with Crippen LogP contribution in [-0.4, -0.2) is 46.3 Å². The highest BCUT2D eigenvalue weighted by atomic mass is 16.6. The molecule has 0 saturated heterocycles. The second-order valence-electron chi connectivity index (χ2n) is 12.6. The summed E-state index contributed by atoms with van der Waals surface area (Å²) in [6.07, 6.45) is 8.57. The molecule has 246 valence electrons. The van der Waals surface area contributed by atoms with E-state index in [2.05, 4.69) is 40.6 Å². The Morgan fingerprint density at radius 1 is 1.04 bits per heavy atom. The Hall–Kier alpha value is -5.09. The lowest BCUT2D eigenvalue weighted by molar-refractivity contribution is -0.384. The van der Waals surface area contributed by atoms with E-state index in [9.17, 15) is 24.8 Å². The van der Waals surface area contributed by atoms with E-state index >= 15 is 0 Å². The molecular formula is C37H41N3O7. The van der Waals surface area contributed by atoms with Crippen LogP contribution in [0.1, 0.15) is 69.2 Å². The number of pyridine rings is 1. The van der Waals surface area contributed by atoms with Crippen molar-refractivity contribution in [2.45, 2.75) is 59.5 Å². The molecule has 0 amide bonds. The zero-order valence-corrected chi connectivity index (χ0v) is 27.4. The Morgan fingerprint density at radius 3 is 2.40 bits per heavy atom. The van der Waals surface area contributed by atoms with Crippen LogP contribution in [0.3, 0.4) is 0 Å². The van der Waals surface area contributed by atoms with Gasteiger partial charge in [0.25, 0.3) is 5.69 Å². The molecule has 1 aromatic heterocycles. The van der Waals surface area contributed by atoms with Crippen molar-refractivity contribution in [2.75, 3.05) is 13.2 Å². The molecule has 1 aliphatic rings. The van der Waals surface area contributed by atoms with Crippen LogP contribution in [0.25, 0.3) is 6.08 Å². The smallest absolute Gasteiger partial charge is 0.336 e. The molecule has 2 atom stereocenters. The van der Waals surface area contributed by atoms with Gasteiger partial charge in [0.05, 0.1) is 41.3 Å². The fourth-order valence-corrected chi connectivity index (χ4v) is 5.64. The number of non-ortho nitro benzene ring substituents is 1. The van der Waals surface area contributed by atoms with Gasteiger partial charge < -0.3 is 19.9 Å².